The van der Waals surface area contributed by atoms with Crippen molar-refractivity contribution >= 4 is 17.8 Å². The lowest BCUT2D eigenvalue weighted by atomic mass is 10.1. The minimum Gasteiger partial charge on any atom is -0.355 e. The van der Waals surface area contributed by atoms with Crippen molar-refractivity contribution in [1.29, 1.82) is 0 Å². The Kier molecular flexibility index (Phi) is 4.24. The average Bonchev–Trinajstić information content (AvgIpc) is 2.85. The first kappa shape index (κ1) is 13.6. The van der Waals surface area contributed by atoms with Crippen LogP contribution in [0.5, 0.6) is 0 Å². The maximum atomic E-state index is 12.2. The van der Waals surface area contributed by atoms with Gasteiger partial charge in [0.2, 0.25) is 11.8 Å². The molecule has 0 aromatic rings. The second kappa shape index (κ2) is 5.90. The smallest absolute Gasteiger partial charge is 0.317 e. The summed E-state index contributed by atoms with van der Waals surface area (Å²) in [4.78, 5) is 38.4. The number of carbonyl (C=O) groups excluding carboxylic acids is 3. The monoisotopic (exact) mass is 268 g/mol. The van der Waals surface area contributed by atoms with Gasteiger partial charge in [0, 0.05) is 45.7 Å². The summed E-state index contributed by atoms with van der Waals surface area (Å²) in [5, 5.41) is 5.42. The normalized spacial score (nSPS) is 23.2. The van der Waals surface area contributed by atoms with E-state index in [2.05, 4.69) is 10.6 Å². The van der Waals surface area contributed by atoms with Gasteiger partial charge in [-0.15, -0.1) is 0 Å². The van der Waals surface area contributed by atoms with Crippen LogP contribution in [0.4, 0.5) is 4.79 Å². The Morgan fingerprint density at radius 1 is 1.26 bits per heavy atom. The molecule has 106 valence electrons. The van der Waals surface area contributed by atoms with Crippen molar-refractivity contribution in [3.8, 4) is 0 Å². The van der Waals surface area contributed by atoms with Gasteiger partial charge in [0.15, 0.2) is 0 Å². The Balaban J connectivity index is 1.81. The summed E-state index contributed by atoms with van der Waals surface area (Å²) in [5.74, 6) is -0.267. The Labute approximate surface area is 112 Å². The van der Waals surface area contributed by atoms with Gasteiger partial charge in [0.25, 0.3) is 0 Å². The zero-order valence-corrected chi connectivity index (χ0v) is 11.1. The summed E-state index contributed by atoms with van der Waals surface area (Å²) in [7, 11) is 0. The van der Waals surface area contributed by atoms with Crippen LogP contribution in [0.15, 0.2) is 0 Å². The van der Waals surface area contributed by atoms with E-state index in [1.807, 2.05) is 6.92 Å². The minimum atomic E-state index is -0.233. The maximum Gasteiger partial charge on any atom is 0.317 e. The number of urea groups is 1. The number of carbonyl (C=O) groups is 3. The fourth-order valence-corrected chi connectivity index (χ4v) is 2.43. The van der Waals surface area contributed by atoms with E-state index in [-0.39, 0.29) is 30.2 Å². The molecule has 2 saturated heterocycles. The van der Waals surface area contributed by atoms with E-state index in [1.54, 1.807) is 9.80 Å². The Morgan fingerprint density at radius 2 is 1.89 bits per heavy atom. The van der Waals surface area contributed by atoms with Crippen molar-refractivity contribution in [2.75, 3.05) is 39.3 Å². The van der Waals surface area contributed by atoms with Crippen LogP contribution in [0.1, 0.15) is 13.3 Å². The number of rotatable bonds is 2. The highest BCUT2D eigenvalue weighted by molar-refractivity contribution is 5.89. The molecule has 19 heavy (non-hydrogen) atoms. The second-order valence-electron chi connectivity index (χ2n) is 4.85. The van der Waals surface area contributed by atoms with Crippen LogP contribution in [-0.4, -0.2) is 66.9 Å². The van der Waals surface area contributed by atoms with Gasteiger partial charge in [-0.1, -0.05) is 0 Å². The highest BCUT2D eigenvalue weighted by Gasteiger charge is 2.33. The van der Waals surface area contributed by atoms with Crippen molar-refractivity contribution in [3.63, 3.8) is 0 Å². The largest absolute Gasteiger partial charge is 0.355 e. The summed E-state index contributed by atoms with van der Waals surface area (Å²) >= 11 is 0. The topological polar surface area (TPSA) is 81.8 Å². The molecule has 1 atom stereocenters. The molecule has 1 unspecified atom stereocenters. The van der Waals surface area contributed by atoms with Gasteiger partial charge in [-0.3, -0.25) is 9.59 Å². The lowest BCUT2D eigenvalue weighted by Crippen LogP contribution is -2.54. The fourth-order valence-electron chi connectivity index (χ4n) is 2.43. The number of hydrogen-bond acceptors (Lipinski definition) is 3. The van der Waals surface area contributed by atoms with Crippen LogP contribution in [0.2, 0.25) is 0 Å². The SMILES string of the molecule is CCNC(=O)N1CCN(C(=O)C2CNC(=O)C2)CC1. The number of amides is 4. The van der Waals surface area contributed by atoms with Crippen LogP contribution in [0, 0.1) is 5.92 Å². The van der Waals surface area contributed by atoms with E-state index < -0.39 is 0 Å². The van der Waals surface area contributed by atoms with Crippen LogP contribution < -0.4 is 10.6 Å². The van der Waals surface area contributed by atoms with E-state index >= 15 is 0 Å². The summed E-state index contributed by atoms with van der Waals surface area (Å²) < 4.78 is 0. The summed E-state index contributed by atoms with van der Waals surface area (Å²) in [6.07, 6.45) is 0.287. The van der Waals surface area contributed by atoms with E-state index in [0.717, 1.165) is 0 Å². The molecule has 4 amide bonds. The molecule has 2 aliphatic heterocycles. The molecule has 0 aromatic heterocycles. The predicted molar refractivity (Wildman–Crippen MR) is 68.3 cm³/mol. The molecule has 7 heteroatoms. The summed E-state index contributed by atoms with van der Waals surface area (Å²) in [6.45, 7) is 5.10. The Hall–Kier alpha value is -1.79. The quantitative estimate of drug-likeness (QED) is 0.674. The molecule has 0 spiro atoms. The standard InChI is InChI=1S/C12H20N4O3/c1-2-13-12(19)16-5-3-15(4-6-16)11(18)9-7-10(17)14-8-9/h9H,2-8H2,1H3,(H,13,19)(H,14,17). The molecule has 0 saturated carbocycles. The van der Waals surface area contributed by atoms with Gasteiger partial charge in [-0.2, -0.15) is 0 Å². The third kappa shape index (κ3) is 3.15. The third-order valence-electron chi connectivity index (χ3n) is 3.53. The molecule has 0 radical (unpaired) electrons. The first-order valence-electron chi connectivity index (χ1n) is 6.70. The zero-order chi connectivity index (χ0) is 13.8. The second-order valence-corrected chi connectivity index (χ2v) is 4.85. The summed E-state index contributed by atoms with van der Waals surface area (Å²) in [5.41, 5.74) is 0. The molecule has 2 N–H and O–H groups in total. The van der Waals surface area contributed by atoms with E-state index in [9.17, 15) is 14.4 Å². The number of piperazine rings is 1. The van der Waals surface area contributed by atoms with Crippen molar-refractivity contribution < 1.29 is 14.4 Å². The average molecular weight is 268 g/mol. The number of hydrogen-bond donors (Lipinski definition) is 2. The van der Waals surface area contributed by atoms with Crippen molar-refractivity contribution in [2.45, 2.75) is 13.3 Å². The Morgan fingerprint density at radius 3 is 2.42 bits per heavy atom. The molecular weight excluding hydrogens is 248 g/mol. The van der Waals surface area contributed by atoms with Crippen LogP contribution in [0.3, 0.4) is 0 Å². The molecule has 2 fully saturated rings. The van der Waals surface area contributed by atoms with E-state index in [4.69, 9.17) is 0 Å². The fraction of sp³-hybridized carbons (Fsp3) is 0.750. The molecule has 2 aliphatic rings. The van der Waals surface area contributed by atoms with Gasteiger partial charge < -0.3 is 20.4 Å². The van der Waals surface area contributed by atoms with Crippen molar-refractivity contribution in [3.05, 3.63) is 0 Å². The molecule has 0 aliphatic carbocycles. The van der Waals surface area contributed by atoms with E-state index in [1.165, 1.54) is 0 Å². The van der Waals surface area contributed by atoms with Crippen LogP contribution in [0.25, 0.3) is 0 Å². The van der Waals surface area contributed by atoms with Gasteiger partial charge in [-0.05, 0) is 6.92 Å². The first-order valence-corrected chi connectivity index (χ1v) is 6.70. The van der Waals surface area contributed by atoms with Gasteiger partial charge >= 0.3 is 6.03 Å². The highest BCUT2D eigenvalue weighted by Crippen LogP contribution is 2.14. The van der Waals surface area contributed by atoms with Crippen molar-refractivity contribution in [2.24, 2.45) is 5.92 Å². The zero-order valence-electron chi connectivity index (χ0n) is 11.1. The molecule has 0 aromatic carbocycles. The van der Waals surface area contributed by atoms with Gasteiger partial charge in [0.1, 0.15) is 0 Å². The van der Waals surface area contributed by atoms with Crippen LogP contribution in [-0.2, 0) is 9.59 Å². The van der Waals surface area contributed by atoms with Gasteiger partial charge in [0.05, 0.1) is 5.92 Å². The molecule has 0 bridgehead atoms. The van der Waals surface area contributed by atoms with Crippen LogP contribution >= 0.6 is 0 Å². The number of nitrogens with zero attached hydrogens (tertiary/aromatic N) is 2. The third-order valence-corrected chi connectivity index (χ3v) is 3.53. The van der Waals surface area contributed by atoms with E-state index in [0.29, 0.717) is 39.3 Å². The lowest BCUT2D eigenvalue weighted by Gasteiger charge is -2.35. The molecule has 7 nitrogen and oxygen atoms in total. The molecule has 2 rings (SSSR count). The molecular formula is C12H20N4O3. The minimum absolute atomic E-state index is 0.0221. The highest BCUT2D eigenvalue weighted by atomic mass is 16.2. The lowest BCUT2D eigenvalue weighted by molar-refractivity contribution is -0.137. The van der Waals surface area contributed by atoms with Gasteiger partial charge in [-0.25, -0.2) is 4.79 Å². The predicted octanol–water partition coefficient (Wildman–Crippen LogP) is -1.00. The number of nitrogens with one attached hydrogen (secondary N) is 2. The van der Waals surface area contributed by atoms with Crippen molar-refractivity contribution in [1.82, 2.24) is 20.4 Å². The molecule has 2 heterocycles. The summed E-state index contributed by atoms with van der Waals surface area (Å²) in [6, 6.07) is -0.0766. The Bertz CT molecular complexity index is 377. The first-order chi connectivity index (χ1) is 9.11. The maximum absolute atomic E-state index is 12.2.